The molecule has 15 heavy (non-hydrogen) atoms. The fourth-order valence-corrected chi connectivity index (χ4v) is 2.25. The van der Waals surface area contributed by atoms with Crippen LogP contribution in [0.2, 0.25) is 0 Å². The molecule has 0 atom stereocenters. The number of nitrogens with zero attached hydrogens (tertiary/aromatic N) is 2. The van der Waals surface area contributed by atoms with Crippen molar-refractivity contribution < 1.29 is 4.79 Å². The topological polar surface area (TPSA) is 35.6 Å². The van der Waals surface area contributed by atoms with Gasteiger partial charge in [-0.3, -0.25) is 4.79 Å². The summed E-state index contributed by atoms with van der Waals surface area (Å²) in [7, 11) is 0. The van der Waals surface area contributed by atoms with E-state index in [0.717, 1.165) is 13.1 Å². The van der Waals surface area contributed by atoms with Gasteiger partial charge in [0.1, 0.15) is 6.54 Å². The third kappa shape index (κ3) is 2.89. The van der Waals surface area contributed by atoms with Crippen molar-refractivity contribution in [3.8, 4) is 0 Å². The van der Waals surface area contributed by atoms with Crippen LogP contribution in [0.25, 0.3) is 0 Å². The molecule has 5 heteroatoms. The van der Waals surface area contributed by atoms with E-state index >= 15 is 0 Å². The van der Waals surface area contributed by atoms with Gasteiger partial charge in [0.05, 0.1) is 0 Å². The molecular weight excluding hydrogens is 210 g/mol. The normalized spacial score (nSPS) is 23.3. The number of thiocarbonyl (C=S) groups is 1. The first-order valence-electron chi connectivity index (χ1n) is 5.44. The number of amides is 1. The third-order valence-corrected chi connectivity index (χ3v) is 3.21. The molecule has 0 aromatic carbocycles. The van der Waals surface area contributed by atoms with Crippen LogP contribution in [0, 0.1) is 6.54 Å². The molecular formula is C10H16N3OS. The predicted molar refractivity (Wildman–Crippen MR) is 62.0 cm³/mol. The van der Waals surface area contributed by atoms with Crippen LogP contribution in [0.15, 0.2) is 0 Å². The lowest BCUT2D eigenvalue weighted by atomic mass is 10.1. The molecule has 0 aromatic heterocycles. The number of carbonyl (C=O) groups is 1. The smallest absolute Gasteiger partial charge is 0.251 e. The molecule has 2 heterocycles. The van der Waals surface area contributed by atoms with E-state index in [0.29, 0.717) is 5.11 Å². The zero-order chi connectivity index (χ0) is 10.7. The Morgan fingerprint density at radius 3 is 2.60 bits per heavy atom. The molecule has 2 saturated heterocycles. The lowest BCUT2D eigenvalue weighted by molar-refractivity contribution is -0.116. The van der Waals surface area contributed by atoms with Crippen molar-refractivity contribution in [2.75, 3.05) is 26.2 Å². The number of piperidine rings is 1. The van der Waals surface area contributed by atoms with Crippen LogP contribution in [-0.4, -0.2) is 47.0 Å². The lowest BCUT2D eigenvalue weighted by Crippen LogP contribution is -2.38. The number of hydrogen-bond donors (Lipinski definition) is 1. The van der Waals surface area contributed by atoms with E-state index in [4.69, 9.17) is 12.2 Å². The molecule has 1 radical (unpaired) electrons. The summed E-state index contributed by atoms with van der Waals surface area (Å²) >= 11 is 5.03. The molecule has 2 aliphatic heterocycles. The molecule has 0 unspecified atom stereocenters. The Morgan fingerprint density at radius 1 is 1.27 bits per heavy atom. The molecule has 0 bridgehead atoms. The summed E-state index contributed by atoms with van der Waals surface area (Å²) in [6.45, 7) is 5.72. The highest BCUT2D eigenvalue weighted by atomic mass is 32.1. The highest BCUT2D eigenvalue weighted by molar-refractivity contribution is 7.80. The Hall–Kier alpha value is -0.680. The van der Waals surface area contributed by atoms with Crippen LogP contribution in [0.3, 0.4) is 0 Å². The maximum atomic E-state index is 11.0. The summed E-state index contributed by atoms with van der Waals surface area (Å²) in [4.78, 5) is 15.3. The maximum absolute atomic E-state index is 11.0. The van der Waals surface area contributed by atoms with E-state index in [2.05, 4.69) is 10.2 Å². The fourth-order valence-electron chi connectivity index (χ4n) is 2.01. The summed E-state index contributed by atoms with van der Waals surface area (Å²) in [5, 5.41) is 3.14. The zero-order valence-electron chi connectivity index (χ0n) is 8.74. The van der Waals surface area contributed by atoms with Crippen molar-refractivity contribution in [3.63, 3.8) is 0 Å². The van der Waals surface area contributed by atoms with Crippen LogP contribution < -0.4 is 5.32 Å². The van der Waals surface area contributed by atoms with Crippen molar-refractivity contribution in [2.24, 2.45) is 0 Å². The van der Waals surface area contributed by atoms with Crippen LogP contribution in [-0.2, 0) is 4.79 Å². The van der Waals surface area contributed by atoms with Gasteiger partial charge in [-0.15, -0.1) is 0 Å². The summed E-state index contributed by atoms with van der Waals surface area (Å²) < 4.78 is 0. The van der Waals surface area contributed by atoms with Gasteiger partial charge in [-0.1, -0.05) is 6.42 Å². The lowest BCUT2D eigenvalue weighted by Gasteiger charge is -2.28. The average Bonchev–Trinajstić information content (AvgIpc) is 2.56. The Kier molecular flexibility index (Phi) is 3.53. The first-order valence-corrected chi connectivity index (χ1v) is 5.85. The van der Waals surface area contributed by atoms with Gasteiger partial charge in [0, 0.05) is 13.1 Å². The van der Waals surface area contributed by atoms with Crippen LogP contribution >= 0.6 is 12.2 Å². The molecule has 4 nitrogen and oxygen atoms in total. The molecule has 2 fully saturated rings. The zero-order valence-corrected chi connectivity index (χ0v) is 9.55. The van der Waals surface area contributed by atoms with Crippen LogP contribution in [0.4, 0.5) is 0 Å². The van der Waals surface area contributed by atoms with E-state index in [1.54, 1.807) is 6.54 Å². The average molecular weight is 226 g/mol. The Balaban J connectivity index is 1.73. The molecule has 83 valence electrons. The van der Waals surface area contributed by atoms with Crippen molar-refractivity contribution >= 4 is 23.2 Å². The Bertz CT molecular complexity index is 263. The van der Waals surface area contributed by atoms with Gasteiger partial charge in [0.25, 0.3) is 5.91 Å². The van der Waals surface area contributed by atoms with Gasteiger partial charge in [-0.05, 0) is 38.1 Å². The monoisotopic (exact) mass is 226 g/mol. The summed E-state index contributed by atoms with van der Waals surface area (Å²) in [5.41, 5.74) is 0. The summed E-state index contributed by atoms with van der Waals surface area (Å²) in [5.74, 6) is -0.0985. The molecule has 1 N–H and O–H groups in total. The molecule has 0 aromatic rings. The molecule has 1 amide bonds. The minimum atomic E-state index is -0.0985. The van der Waals surface area contributed by atoms with E-state index in [9.17, 15) is 4.79 Å². The van der Waals surface area contributed by atoms with Crippen molar-refractivity contribution in [3.05, 3.63) is 6.54 Å². The molecule has 0 aliphatic carbocycles. The fraction of sp³-hybridized carbons (Fsp3) is 0.700. The van der Waals surface area contributed by atoms with Crippen LogP contribution in [0.5, 0.6) is 0 Å². The van der Waals surface area contributed by atoms with E-state index in [1.807, 2.05) is 4.90 Å². The van der Waals surface area contributed by atoms with Crippen molar-refractivity contribution in [1.82, 2.24) is 15.1 Å². The summed E-state index contributed by atoms with van der Waals surface area (Å²) in [6, 6.07) is 0. The minimum absolute atomic E-state index is 0.0985. The standard InChI is InChI=1S/C10H16N3OS/c14-9-8-13(10(15)11-9)7-6-12-4-2-1-3-5-12/h8H,1-7H2,(H,11,14,15). The number of nitrogens with one attached hydrogen (secondary N) is 1. The summed E-state index contributed by atoms with van der Waals surface area (Å²) in [6.07, 6.45) is 3.95. The largest absolute Gasteiger partial charge is 0.333 e. The van der Waals surface area contributed by atoms with E-state index in [1.165, 1.54) is 32.4 Å². The maximum Gasteiger partial charge on any atom is 0.251 e. The van der Waals surface area contributed by atoms with Crippen LogP contribution in [0.1, 0.15) is 19.3 Å². The first-order chi connectivity index (χ1) is 7.25. The predicted octanol–water partition coefficient (Wildman–Crippen LogP) is 0.351. The van der Waals surface area contributed by atoms with Gasteiger partial charge in [-0.2, -0.15) is 0 Å². The van der Waals surface area contributed by atoms with Crippen molar-refractivity contribution in [2.45, 2.75) is 19.3 Å². The third-order valence-electron chi connectivity index (χ3n) is 2.87. The second kappa shape index (κ2) is 4.90. The number of hydrogen-bond acceptors (Lipinski definition) is 3. The van der Waals surface area contributed by atoms with E-state index < -0.39 is 0 Å². The minimum Gasteiger partial charge on any atom is -0.333 e. The van der Waals surface area contributed by atoms with Gasteiger partial charge in [0.2, 0.25) is 0 Å². The Morgan fingerprint density at radius 2 is 2.00 bits per heavy atom. The second-order valence-corrected chi connectivity index (χ2v) is 4.41. The SMILES string of the molecule is O=C1[CH]N(CCN2CCCCC2)C(=S)N1. The first kappa shape index (κ1) is 10.8. The highest BCUT2D eigenvalue weighted by Crippen LogP contribution is 2.09. The number of rotatable bonds is 3. The highest BCUT2D eigenvalue weighted by Gasteiger charge is 2.24. The van der Waals surface area contributed by atoms with Gasteiger partial charge < -0.3 is 15.1 Å². The number of likely N-dealkylation sites (tertiary alicyclic amines) is 1. The molecule has 0 saturated carbocycles. The second-order valence-electron chi connectivity index (χ2n) is 4.02. The molecule has 2 aliphatic rings. The van der Waals surface area contributed by atoms with Gasteiger partial charge in [0.15, 0.2) is 5.11 Å². The van der Waals surface area contributed by atoms with E-state index in [-0.39, 0.29) is 5.91 Å². The quantitative estimate of drug-likeness (QED) is 0.704. The molecule has 0 spiro atoms. The molecule has 2 rings (SSSR count). The van der Waals surface area contributed by atoms with Crippen molar-refractivity contribution in [1.29, 1.82) is 0 Å². The van der Waals surface area contributed by atoms with Gasteiger partial charge >= 0.3 is 0 Å². The Labute approximate surface area is 95.6 Å². The number of carbonyl (C=O) groups excluding carboxylic acids is 1. The van der Waals surface area contributed by atoms with Gasteiger partial charge in [-0.25, -0.2) is 0 Å².